The smallest absolute Gasteiger partial charge is 0.105 e. The van der Waals surface area contributed by atoms with E-state index in [-0.39, 0.29) is 6.04 Å². The van der Waals surface area contributed by atoms with Crippen molar-refractivity contribution in [2.24, 2.45) is 5.73 Å². The van der Waals surface area contributed by atoms with Gasteiger partial charge in [0.2, 0.25) is 0 Å². The number of para-hydroxylation sites is 1. The number of thioether (sulfide) groups is 1. The molecule has 1 aliphatic carbocycles. The molecular formula is C21H22N2S. The Labute approximate surface area is 147 Å². The minimum Gasteiger partial charge on any atom is -0.327 e. The highest BCUT2D eigenvalue weighted by molar-refractivity contribution is 8.00. The molecule has 24 heavy (non-hydrogen) atoms. The SMILES string of the molecule is NC1CCCCC1Sc1nc2ccccc2cc1-c1ccccc1. The zero-order valence-electron chi connectivity index (χ0n) is 13.7. The second-order valence-corrected chi connectivity index (χ2v) is 7.73. The predicted octanol–water partition coefficient (Wildman–Crippen LogP) is 5.26. The molecule has 0 amide bonds. The van der Waals surface area contributed by atoms with Crippen molar-refractivity contribution in [3.8, 4) is 11.1 Å². The van der Waals surface area contributed by atoms with Crippen molar-refractivity contribution in [2.75, 3.05) is 0 Å². The third-order valence-electron chi connectivity index (χ3n) is 4.79. The molecule has 3 heteroatoms. The largest absolute Gasteiger partial charge is 0.327 e. The summed E-state index contributed by atoms with van der Waals surface area (Å²) in [6, 6.07) is 21.5. The average Bonchev–Trinajstić information content (AvgIpc) is 2.64. The van der Waals surface area contributed by atoms with Gasteiger partial charge >= 0.3 is 0 Å². The van der Waals surface area contributed by atoms with Crippen LogP contribution < -0.4 is 5.73 Å². The Morgan fingerprint density at radius 3 is 2.50 bits per heavy atom. The first-order valence-corrected chi connectivity index (χ1v) is 9.57. The maximum absolute atomic E-state index is 6.38. The standard InChI is InChI=1S/C21H22N2S/c22-18-11-5-7-13-20(18)24-21-17(15-8-2-1-3-9-15)14-16-10-4-6-12-19(16)23-21/h1-4,6,8-10,12,14,18,20H,5,7,11,13,22H2. The second kappa shape index (κ2) is 6.96. The van der Waals surface area contributed by atoms with Crippen LogP contribution in [0.3, 0.4) is 0 Å². The summed E-state index contributed by atoms with van der Waals surface area (Å²) in [5.74, 6) is 0. The number of benzene rings is 2. The second-order valence-electron chi connectivity index (χ2n) is 6.50. The zero-order valence-corrected chi connectivity index (χ0v) is 14.5. The van der Waals surface area contributed by atoms with E-state index in [4.69, 9.17) is 10.7 Å². The van der Waals surface area contributed by atoms with Crippen LogP contribution in [0.4, 0.5) is 0 Å². The molecule has 0 bridgehead atoms. The van der Waals surface area contributed by atoms with E-state index in [9.17, 15) is 0 Å². The summed E-state index contributed by atoms with van der Waals surface area (Å²) in [5.41, 5.74) is 9.88. The van der Waals surface area contributed by atoms with Crippen LogP contribution in [0.5, 0.6) is 0 Å². The molecule has 4 rings (SSSR count). The van der Waals surface area contributed by atoms with Crippen LogP contribution in [0.25, 0.3) is 22.0 Å². The molecule has 0 spiro atoms. The Balaban J connectivity index is 1.79. The minimum atomic E-state index is 0.278. The molecule has 3 aromatic rings. The Kier molecular flexibility index (Phi) is 4.54. The first kappa shape index (κ1) is 15.7. The van der Waals surface area contributed by atoms with Crippen molar-refractivity contribution >= 4 is 22.7 Å². The van der Waals surface area contributed by atoms with Crippen molar-refractivity contribution in [3.05, 3.63) is 60.7 Å². The number of nitrogens with zero attached hydrogens (tertiary/aromatic N) is 1. The lowest BCUT2D eigenvalue weighted by atomic mass is 9.96. The normalized spacial score (nSPS) is 21.0. The van der Waals surface area contributed by atoms with Crippen LogP contribution in [0, 0.1) is 0 Å². The number of hydrogen-bond acceptors (Lipinski definition) is 3. The average molecular weight is 334 g/mol. The molecule has 1 aliphatic rings. The molecule has 2 aromatic carbocycles. The van der Waals surface area contributed by atoms with Gasteiger partial charge in [0, 0.05) is 22.2 Å². The lowest BCUT2D eigenvalue weighted by Gasteiger charge is -2.28. The van der Waals surface area contributed by atoms with Crippen molar-refractivity contribution in [3.63, 3.8) is 0 Å². The summed E-state index contributed by atoms with van der Waals surface area (Å²) in [4.78, 5) is 4.99. The van der Waals surface area contributed by atoms with Gasteiger partial charge in [-0.2, -0.15) is 0 Å². The summed E-state index contributed by atoms with van der Waals surface area (Å²) >= 11 is 1.87. The monoisotopic (exact) mass is 334 g/mol. The number of rotatable bonds is 3. The highest BCUT2D eigenvalue weighted by Gasteiger charge is 2.24. The first-order chi connectivity index (χ1) is 11.8. The minimum absolute atomic E-state index is 0.278. The Morgan fingerprint density at radius 1 is 0.917 bits per heavy atom. The topological polar surface area (TPSA) is 38.9 Å². The summed E-state index contributed by atoms with van der Waals surface area (Å²) in [5, 5.41) is 2.77. The van der Waals surface area contributed by atoms with Gasteiger partial charge in [-0.05, 0) is 30.5 Å². The summed E-state index contributed by atoms with van der Waals surface area (Å²) < 4.78 is 0. The van der Waals surface area contributed by atoms with E-state index in [0.29, 0.717) is 5.25 Å². The molecule has 2 N–H and O–H groups in total. The number of nitrogens with two attached hydrogens (primary N) is 1. The molecule has 1 saturated carbocycles. The Hall–Kier alpha value is -1.84. The summed E-state index contributed by atoms with van der Waals surface area (Å²) in [6.45, 7) is 0. The van der Waals surface area contributed by atoms with Crippen LogP contribution in [0.2, 0.25) is 0 Å². The molecule has 2 nitrogen and oxygen atoms in total. The van der Waals surface area contributed by atoms with Gasteiger partial charge in [0.25, 0.3) is 0 Å². The van der Waals surface area contributed by atoms with E-state index in [1.165, 1.54) is 35.8 Å². The van der Waals surface area contributed by atoms with Crippen molar-refractivity contribution in [1.82, 2.24) is 4.98 Å². The maximum Gasteiger partial charge on any atom is 0.105 e. The van der Waals surface area contributed by atoms with E-state index in [1.54, 1.807) is 0 Å². The van der Waals surface area contributed by atoms with E-state index >= 15 is 0 Å². The number of hydrogen-bond donors (Lipinski definition) is 1. The highest BCUT2D eigenvalue weighted by Crippen LogP contribution is 2.38. The van der Waals surface area contributed by atoms with E-state index < -0.39 is 0 Å². The molecule has 1 aromatic heterocycles. The Bertz CT molecular complexity index is 832. The first-order valence-electron chi connectivity index (χ1n) is 8.69. The molecule has 1 fully saturated rings. The lowest BCUT2D eigenvalue weighted by Crippen LogP contribution is -2.35. The fourth-order valence-electron chi connectivity index (χ4n) is 3.43. The summed E-state index contributed by atoms with van der Waals surface area (Å²) in [6.07, 6.45) is 4.86. The molecule has 0 radical (unpaired) electrons. The number of pyridine rings is 1. The van der Waals surface area contributed by atoms with Gasteiger partial charge in [0.1, 0.15) is 5.03 Å². The summed E-state index contributed by atoms with van der Waals surface area (Å²) in [7, 11) is 0. The maximum atomic E-state index is 6.38. The van der Waals surface area contributed by atoms with Gasteiger partial charge < -0.3 is 5.73 Å². The van der Waals surface area contributed by atoms with Crippen molar-refractivity contribution in [1.29, 1.82) is 0 Å². The molecule has 122 valence electrons. The van der Waals surface area contributed by atoms with E-state index in [2.05, 4.69) is 60.7 Å². The van der Waals surface area contributed by atoms with Gasteiger partial charge in [-0.3, -0.25) is 0 Å². The van der Waals surface area contributed by atoms with Gasteiger partial charge in [-0.1, -0.05) is 61.4 Å². The Morgan fingerprint density at radius 2 is 1.67 bits per heavy atom. The van der Waals surface area contributed by atoms with Gasteiger partial charge in [-0.25, -0.2) is 4.98 Å². The quantitative estimate of drug-likeness (QED) is 0.709. The van der Waals surface area contributed by atoms with E-state index in [1.807, 2.05) is 11.8 Å². The molecule has 0 aliphatic heterocycles. The van der Waals surface area contributed by atoms with Gasteiger partial charge in [0.15, 0.2) is 0 Å². The van der Waals surface area contributed by atoms with Crippen LogP contribution >= 0.6 is 11.8 Å². The fourth-order valence-corrected chi connectivity index (χ4v) is 4.76. The van der Waals surface area contributed by atoms with Crippen LogP contribution in [-0.2, 0) is 0 Å². The molecule has 0 saturated heterocycles. The van der Waals surface area contributed by atoms with Crippen LogP contribution in [-0.4, -0.2) is 16.3 Å². The lowest BCUT2D eigenvalue weighted by molar-refractivity contribution is 0.453. The van der Waals surface area contributed by atoms with Crippen LogP contribution in [0.15, 0.2) is 65.7 Å². The van der Waals surface area contributed by atoms with Gasteiger partial charge in [-0.15, -0.1) is 11.8 Å². The van der Waals surface area contributed by atoms with Crippen molar-refractivity contribution in [2.45, 2.75) is 42.0 Å². The molecular weight excluding hydrogens is 312 g/mol. The predicted molar refractivity (Wildman–Crippen MR) is 103 cm³/mol. The molecule has 2 unspecified atom stereocenters. The zero-order chi connectivity index (χ0) is 16.4. The van der Waals surface area contributed by atoms with Crippen molar-refractivity contribution < 1.29 is 0 Å². The molecule has 1 heterocycles. The highest BCUT2D eigenvalue weighted by atomic mass is 32.2. The van der Waals surface area contributed by atoms with Crippen LogP contribution in [0.1, 0.15) is 25.7 Å². The molecule has 2 atom stereocenters. The number of fused-ring (bicyclic) bond motifs is 1. The third-order valence-corrected chi connectivity index (χ3v) is 6.21. The van der Waals surface area contributed by atoms with Gasteiger partial charge in [0.05, 0.1) is 5.52 Å². The fraction of sp³-hybridized carbons (Fsp3) is 0.286. The third kappa shape index (κ3) is 3.19. The van der Waals surface area contributed by atoms with E-state index in [0.717, 1.165) is 17.0 Å². The number of aromatic nitrogens is 1.